The molecule has 1 aromatic rings. The van der Waals surface area contributed by atoms with Crippen LogP contribution in [-0.2, 0) is 19.3 Å². The fourth-order valence-corrected chi connectivity index (χ4v) is 3.19. The van der Waals surface area contributed by atoms with Gasteiger partial charge in [-0.25, -0.2) is 0 Å². The van der Waals surface area contributed by atoms with Crippen molar-refractivity contribution < 1.29 is 0 Å². The summed E-state index contributed by atoms with van der Waals surface area (Å²) in [5.74, 6) is 0.905. The minimum absolute atomic E-state index is 0.851. The van der Waals surface area contributed by atoms with Crippen LogP contribution >= 0.6 is 0 Å². The molecule has 0 saturated heterocycles. The molecule has 106 valence electrons. The van der Waals surface area contributed by atoms with Crippen molar-refractivity contribution in [3.8, 4) is 0 Å². The Morgan fingerprint density at radius 2 is 1.89 bits per heavy atom. The van der Waals surface area contributed by atoms with E-state index in [-0.39, 0.29) is 0 Å². The van der Waals surface area contributed by atoms with E-state index in [0.29, 0.717) is 0 Å². The Hall–Kier alpha value is -0.820. The summed E-state index contributed by atoms with van der Waals surface area (Å²) >= 11 is 0. The molecule has 2 rings (SSSR count). The summed E-state index contributed by atoms with van der Waals surface area (Å²) in [5, 5.41) is 0. The van der Waals surface area contributed by atoms with E-state index in [0.717, 1.165) is 12.5 Å². The molecule has 0 aromatic heterocycles. The second-order valence-corrected chi connectivity index (χ2v) is 6.08. The molecule has 1 nitrogen and oxygen atoms in total. The normalized spacial score (nSPS) is 14.8. The first kappa shape index (κ1) is 14.6. The standard InChI is InChI=1S/C18H29N/c1-2-5-15(6-3-4-13-19)7-8-16-9-10-17-11-12-18(17)14-16/h9-10,14-15H,2-8,11-13,19H2,1H3. The Kier molecular flexibility index (Phi) is 5.91. The first-order valence-corrected chi connectivity index (χ1v) is 8.14. The molecule has 0 radical (unpaired) electrons. The van der Waals surface area contributed by atoms with Gasteiger partial charge in [0, 0.05) is 0 Å². The van der Waals surface area contributed by atoms with Gasteiger partial charge in [0.25, 0.3) is 0 Å². The number of hydrogen-bond donors (Lipinski definition) is 1. The van der Waals surface area contributed by atoms with E-state index in [1.807, 2.05) is 0 Å². The largest absolute Gasteiger partial charge is 0.330 e. The maximum absolute atomic E-state index is 5.59. The highest BCUT2D eigenvalue weighted by molar-refractivity contribution is 5.38. The molecule has 0 bridgehead atoms. The molecule has 0 saturated carbocycles. The molecule has 1 aliphatic rings. The predicted molar refractivity (Wildman–Crippen MR) is 83.5 cm³/mol. The SMILES string of the molecule is CCCC(CCCCN)CCc1ccc2c(c1)CC2. The quantitative estimate of drug-likeness (QED) is 0.659. The fraction of sp³-hybridized carbons (Fsp3) is 0.667. The predicted octanol–water partition coefficient (Wildman–Crippen LogP) is 4.26. The number of aryl methyl sites for hydroxylation is 3. The summed E-state index contributed by atoms with van der Waals surface area (Å²) < 4.78 is 0. The van der Waals surface area contributed by atoms with Gasteiger partial charge in [-0.05, 0) is 61.3 Å². The first-order chi connectivity index (χ1) is 9.33. The molecule has 1 aromatic carbocycles. The second-order valence-electron chi connectivity index (χ2n) is 6.08. The van der Waals surface area contributed by atoms with Crippen LogP contribution in [0.4, 0.5) is 0 Å². The van der Waals surface area contributed by atoms with Crippen LogP contribution in [0, 0.1) is 5.92 Å². The fourth-order valence-electron chi connectivity index (χ4n) is 3.19. The lowest BCUT2D eigenvalue weighted by atomic mass is 9.85. The Morgan fingerprint density at radius 3 is 2.53 bits per heavy atom. The zero-order chi connectivity index (χ0) is 13.5. The Balaban J connectivity index is 1.78. The van der Waals surface area contributed by atoms with E-state index in [2.05, 4.69) is 25.1 Å². The van der Waals surface area contributed by atoms with E-state index >= 15 is 0 Å². The summed E-state index contributed by atoms with van der Waals surface area (Å²) in [6.45, 7) is 3.16. The zero-order valence-electron chi connectivity index (χ0n) is 12.5. The lowest BCUT2D eigenvalue weighted by Crippen LogP contribution is -2.09. The van der Waals surface area contributed by atoms with Gasteiger partial charge in [-0.3, -0.25) is 0 Å². The van der Waals surface area contributed by atoms with Gasteiger partial charge < -0.3 is 5.73 Å². The summed E-state index contributed by atoms with van der Waals surface area (Å²) in [6, 6.07) is 7.14. The van der Waals surface area contributed by atoms with Crippen LogP contribution in [0.3, 0.4) is 0 Å². The average Bonchev–Trinajstić information content (AvgIpc) is 2.39. The topological polar surface area (TPSA) is 26.0 Å². The van der Waals surface area contributed by atoms with Gasteiger partial charge in [0.2, 0.25) is 0 Å². The highest BCUT2D eigenvalue weighted by atomic mass is 14.5. The lowest BCUT2D eigenvalue weighted by molar-refractivity contribution is 0.400. The smallest absolute Gasteiger partial charge is 0.00773 e. The van der Waals surface area contributed by atoms with Crippen LogP contribution in [0.15, 0.2) is 18.2 Å². The van der Waals surface area contributed by atoms with Crippen molar-refractivity contribution >= 4 is 0 Å². The van der Waals surface area contributed by atoms with Gasteiger partial charge in [-0.2, -0.15) is 0 Å². The third-order valence-corrected chi connectivity index (χ3v) is 4.54. The summed E-state index contributed by atoms with van der Waals surface area (Å²) in [6.07, 6.45) is 11.8. The van der Waals surface area contributed by atoms with E-state index in [1.165, 1.54) is 57.8 Å². The highest BCUT2D eigenvalue weighted by Crippen LogP contribution is 2.26. The summed E-state index contributed by atoms with van der Waals surface area (Å²) in [7, 11) is 0. The molecule has 1 atom stereocenters. The monoisotopic (exact) mass is 259 g/mol. The maximum atomic E-state index is 5.59. The number of rotatable bonds is 9. The molecule has 0 aliphatic heterocycles. The van der Waals surface area contributed by atoms with Gasteiger partial charge in [0.15, 0.2) is 0 Å². The van der Waals surface area contributed by atoms with Crippen LogP contribution in [0.25, 0.3) is 0 Å². The van der Waals surface area contributed by atoms with Crippen LogP contribution in [-0.4, -0.2) is 6.54 Å². The number of unbranched alkanes of at least 4 members (excludes halogenated alkanes) is 1. The van der Waals surface area contributed by atoms with Crippen LogP contribution < -0.4 is 5.73 Å². The van der Waals surface area contributed by atoms with Crippen molar-refractivity contribution in [1.82, 2.24) is 0 Å². The van der Waals surface area contributed by atoms with E-state index in [1.54, 1.807) is 16.7 Å². The van der Waals surface area contributed by atoms with Crippen molar-refractivity contribution in [3.63, 3.8) is 0 Å². The lowest BCUT2D eigenvalue weighted by Gasteiger charge is -2.20. The van der Waals surface area contributed by atoms with Crippen LogP contribution in [0.2, 0.25) is 0 Å². The summed E-state index contributed by atoms with van der Waals surface area (Å²) in [4.78, 5) is 0. The van der Waals surface area contributed by atoms with Crippen LogP contribution in [0.5, 0.6) is 0 Å². The number of fused-ring (bicyclic) bond motifs is 1. The average molecular weight is 259 g/mol. The van der Waals surface area contributed by atoms with Crippen molar-refractivity contribution in [2.75, 3.05) is 6.54 Å². The van der Waals surface area contributed by atoms with Crippen molar-refractivity contribution in [2.45, 2.75) is 64.7 Å². The highest BCUT2D eigenvalue weighted by Gasteiger charge is 2.13. The van der Waals surface area contributed by atoms with E-state index < -0.39 is 0 Å². The number of benzene rings is 1. The number of nitrogens with two attached hydrogens (primary N) is 1. The maximum Gasteiger partial charge on any atom is -0.00773 e. The zero-order valence-corrected chi connectivity index (χ0v) is 12.5. The Morgan fingerprint density at radius 1 is 1.05 bits per heavy atom. The molecular formula is C18H29N. The number of hydrogen-bond acceptors (Lipinski definition) is 1. The third-order valence-electron chi connectivity index (χ3n) is 4.54. The molecule has 19 heavy (non-hydrogen) atoms. The van der Waals surface area contributed by atoms with E-state index in [4.69, 9.17) is 5.73 Å². The summed E-state index contributed by atoms with van der Waals surface area (Å²) in [5.41, 5.74) is 10.3. The van der Waals surface area contributed by atoms with Gasteiger partial charge in [0.1, 0.15) is 0 Å². The molecule has 2 N–H and O–H groups in total. The van der Waals surface area contributed by atoms with Gasteiger partial charge >= 0.3 is 0 Å². The third kappa shape index (κ3) is 4.35. The van der Waals surface area contributed by atoms with Crippen molar-refractivity contribution in [3.05, 3.63) is 34.9 Å². The molecule has 0 fully saturated rings. The minimum atomic E-state index is 0.851. The molecular weight excluding hydrogens is 230 g/mol. The molecule has 0 amide bonds. The van der Waals surface area contributed by atoms with Crippen LogP contribution in [0.1, 0.15) is 62.1 Å². The minimum Gasteiger partial charge on any atom is -0.330 e. The first-order valence-electron chi connectivity index (χ1n) is 8.14. The molecule has 1 aliphatic carbocycles. The Labute approximate surface area is 118 Å². The van der Waals surface area contributed by atoms with Crippen molar-refractivity contribution in [1.29, 1.82) is 0 Å². The molecule has 0 spiro atoms. The Bertz CT molecular complexity index is 383. The van der Waals surface area contributed by atoms with Gasteiger partial charge in [0.05, 0.1) is 0 Å². The van der Waals surface area contributed by atoms with E-state index in [9.17, 15) is 0 Å². The second kappa shape index (κ2) is 7.69. The molecule has 1 heteroatoms. The molecule has 1 unspecified atom stereocenters. The van der Waals surface area contributed by atoms with Gasteiger partial charge in [-0.15, -0.1) is 0 Å². The molecule has 0 heterocycles. The van der Waals surface area contributed by atoms with Gasteiger partial charge in [-0.1, -0.05) is 50.8 Å². The van der Waals surface area contributed by atoms with Crippen molar-refractivity contribution in [2.24, 2.45) is 11.7 Å².